The fraction of sp³-hybridized carbons (Fsp3) is 0.200. The zero-order valence-corrected chi connectivity index (χ0v) is 21.2. The average molecular weight is 543 g/mol. The standard InChI is InChI=1S/C30H25F3N6O/c31-30(32,33)27(36)15-26(38-24-8-2-5-21(13-24)17-35)29(40)39-25-9-3-7-23(14-25)28(37-18-19-10-11-19)22-6-1-4-20(12-22)16-34/h1-9,12-15,19,28,37H,10-11,18,36H2,(H,39,40). The first kappa shape index (κ1) is 28.1. The van der Waals surface area contributed by atoms with E-state index in [1.807, 2.05) is 18.2 Å². The summed E-state index contributed by atoms with van der Waals surface area (Å²) in [5, 5.41) is 24.6. The molecule has 3 aromatic rings. The Labute approximate surface area is 229 Å². The number of hydrogen-bond acceptors (Lipinski definition) is 6. The Morgan fingerprint density at radius 1 is 1.00 bits per heavy atom. The number of carbonyl (C=O) groups is 1. The molecule has 7 nitrogen and oxygen atoms in total. The van der Waals surface area contributed by atoms with Crippen LogP contribution in [-0.4, -0.2) is 24.3 Å². The van der Waals surface area contributed by atoms with Crippen molar-refractivity contribution < 1.29 is 18.0 Å². The van der Waals surface area contributed by atoms with E-state index in [1.54, 1.807) is 36.4 Å². The highest BCUT2D eigenvalue weighted by atomic mass is 19.4. The average Bonchev–Trinajstić information content (AvgIpc) is 3.77. The highest BCUT2D eigenvalue weighted by Crippen LogP contribution is 2.31. The lowest BCUT2D eigenvalue weighted by atomic mass is 9.96. The summed E-state index contributed by atoms with van der Waals surface area (Å²) >= 11 is 0. The number of allylic oxidation sites excluding steroid dienone is 1. The fourth-order valence-electron chi connectivity index (χ4n) is 3.98. The smallest absolute Gasteiger partial charge is 0.395 e. The van der Waals surface area contributed by atoms with E-state index >= 15 is 0 Å². The molecule has 0 spiro atoms. The molecule has 0 bridgehead atoms. The van der Waals surface area contributed by atoms with Crippen molar-refractivity contribution in [2.75, 3.05) is 11.9 Å². The molecule has 0 saturated heterocycles. The van der Waals surface area contributed by atoms with Crippen molar-refractivity contribution >= 4 is 23.0 Å². The lowest BCUT2D eigenvalue weighted by Crippen LogP contribution is -2.27. The monoisotopic (exact) mass is 542 g/mol. The van der Waals surface area contributed by atoms with Gasteiger partial charge in [0.2, 0.25) is 0 Å². The molecular weight excluding hydrogens is 517 g/mol. The van der Waals surface area contributed by atoms with Crippen LogP contribution in [0.1, 0.15) is 41.1 Å². The molecule has 40 heavy (non-hydrogen) atoms. The molecule has 0 radical (unpaired) electrons. The topological polar surface area (TPSA) is 127 Å². The van der Waals surface area contributed by atoms with Crippen LogP contribution >= 0.6 is 0 Å². The van der Waals surface area contributed by atoms with Gasteiger partial charge in [-0.05, 0) is 85.0 Å². The zero-order valence-electron chi connectivity index (χ0n) is 21.2. The van der Waals surface area contributed by atoms with Crippen LogP contribution in [0.15, 0.2) is 89.6 Å². The van der Waals surface area contributed by atoms with Crippen LogP contribution < -0.4 is 16.4 Å². The predicted molar refractivity (Wildman–Crippen MR) is 145 cm³/mol. The molecule has 4 rings (SSSR count). The molecule has 1 aliphatic rings. The van der Waals surface area contributed by atoms with Gasteiger partial charge >= 0.3 is 6.18 Å². The molecule has 1 atom stereocenters. The summed E-state index contributed by atoms with van der Waals surface area (Å²) in [5.74, 6) is -0.339. The van der Waals surface area contributed by atoms with E-state index in [0.29, 0.717) is 23.2 Å². The van der Waals surface area contributed by atoms with E-state index in [9.17, 15) is 23.2 Å². The maximum absolute atomic E-state index is 13.2. The molecule has 1 amide bonds. The number of nitrogens with zero attached hydrogens (tertiary/aromatic N) is 3. The maximum Gasteiger partial charge on any atom is 0.430 e. The maximum atomic E-state index is 13.2. The lowest BCUT2D eigenvalue weighted by Gasteiger charge is -2.21. The third kappa shape index (κ3) is 7.56. The molecule has 1 saturated carbocycles. The summed E-state index contributed by atoms with van der Waals surface area (Å²) in [5.41, 5.74) is 5.96. The van der Waals surface area contributed by atoms with Gasteiger partial charge in [-0.1, -0.05) is 30.3 Å². The van der Waals surface area contributed by atoms with Gasteiger partial charge in [0.15, 0.2) is 0 Å². The number of nitrogens with two attached hydrogens (primary N) is 1. The molecule has 10 heteroatoms. The van der Waals surface area contributed by atoms with Gasteiger partial charge in [-0.15, -0.1) is 0 Å². The molecule has 4 N–H and O–H groups in total. The third-order valence-corrected chi connectivity index (χ3v) is 6.21. The minimum atomic E-state index is -4.87. The second-order valence-electron chi connectivity index (χ2n) is 9.36. The number of carbonyl (C=O) groups excluding carboxylic acids is 1. The minimum Gasteiger partial charge on any atom is -0.395 e. The van der Waals surface area contributed by atoms with Gasteiger partial charge < -0.3 is 16.4 Å². The second kappa shape index (κ2) is 12.3. The molecule has 3 aromatic carbocycles. The first-order valence-corrected chi connectivity index (χ1v) is 12.4. The summed E-state index contributed by atoms with van der Waals surface area (Å²) in [6.07, 6.45) is -2.12. The molecule has 1 fully saturated rings. The van der Waals surface area contributed by atoms with Crippen molar-refractivity contribution in [3.63, 3.8) is 0 Å². The van der Waals surface area contributed by atoms with E-state index in [2.05, 4.69) is 21.7 Å². The Balaban J connectivity index is 1.65. The van der Waals surface area contributed by atoms with Gasteiger partial charge in [0.25, 0.3) is 5.91 Å². The van der Waals surface area contributed by atoms with Gasteiger partial charge in [-0.3, -0.25) is 4.79 Å². The SMILES string of the molecule is N#Cc1cccc(N=C(C=C(N)C(F)(F)F)C(=O)Nc2cccc(C(NCC3CC3)c3cccc(C#N)c3)c2)c1. The normalized spacial score (nSPS) is 14.6. The number of nitriles is 2. The van der Waals surface area contributed by atoms with Crippen molar-refractivity contribution in [3.05, 3.63) is 107 Å². The number of anilines is 1. The van der Waals surface area contributed by atoms with Crippen LogP contribution in [0.5, 0.6) is 0 Å². The molecular formula is C30H25F3N6O. The Morgan fingerprint density at radius 3 is 2.27 bits per heavy atom. The van der Waals surface area contributed by atoms with Gasteiger partial charge in [-0.25, -0.2) is 4.99 Å². The minimum absolute atomic E-state index is 0.117. The summed E-state index contributed by atoms with van der Waals surface area (Å²) in [4.78, 5) is 17.2. The Morgan fingerprint density at radius 2 is 1.62 bits per heavy atom. The van der Waals surface area contributed by atoms with Gasteiger partial charge in [0, 0.05) is 5.69 Å². The predicted octanol–water partition coefficient (Wildman–Crippen LogP) is 5.64. The van der Waals surface area contributed by atoms with Crippen LogP contribution in [0.3, 0.4) is 0 Å². The van der Waals surface area contributed by atoms with E-state index in [1.165, 1.54) is 24.3 Å². The van der Waals surface area contributed by atoms with Crippen molar-refractivity contribution in [2.24, 2.45) is 16.6 Å². The van der Waals surface area contributed by atoms with Gasteiger partial charge in [0.1, 0.15) is 11.4 Å². The molecule has 0 aromatic heterocycles. The number of alkyl halides is 3. The number of halogens is 3. The number of benzene rings is 3. The highest BCUT2D eigenvalue weighted by Gasteiger charge is 2.32. The number of rotatable bonds is 9. The Hall–Kier alpha value is -4.93. The Kier molecular flexibility index (Phi) is 8.63. The summed E-state index contributed by atoms with van der Waals surface area (Å²) in [6.45, 7) is 0.776. The van der Waals surface area contributed by atoms with Crippen LogP contribution in [0.25, 0.3) is 0 Å². The third-order valence-electron chi connectivity index (χ3n) is 6.21. The van der Waals surface area contributed by atoms with E-state index < -0.39 is 23.5 Å². The number of hydrogen-bond donors (Lipinski definition) is 3. The van der Waals surface area contributed by atoms with E-state index in [0.717, 1.165) is 30.5 Å². The van der Waals surface area contributed by atoms with Crippen molar-refractivity contribution in [1.29, 1.82) is 10.5 Å². The van der Waals surface area contributed by atoms with Crippen molar-refractivity contribution in [1.82, 2.24) is 5.32 Å². The molecule has 0 heterocycles. The van der Waals surface area contributed by atoms with Crippen molar-refractivity contribution in [3.8, 4) is 12.1 Å². The second-order valence-corrected chi connectivity index (χ2v) is 9.36. The number of amides is 1. The van der Waals surface area contributed by atoms with Crippen LogP contribution in [-0.2, 0) is 4.79 Å². The number of nitrogens with one attached hydrogen (secondary N) is 2. The Bertz CT molecular complexity index is 1540. The molecule has 0 aliphatic heterocycles. The van der Waals surface area contributed by atoms with Crippen LogP contribution in [0, 0.1) is 28.6 Å². The highest BCUT2D eigenvalue weighted by molar-refractivity contribution is 6.47. The van der Waals surface area contributed by atoms with Crippen LogP contribution in [0.2, 0.25) is 0 Å². The van der Waals surface area contributed by atoms with E-state index in [-0.39, 0.29) is 17.3 Å². The van der Waals surface area contributed by atoms with Crippen molar-refractivity contribution in [2.45, 2.75) is 25.1 Å². The summed E-state index contributed by atoms with van der Waals surface area (Å²) in [7, 11) is 0. The largest absolute Gasteiger partial charge is 0.430 e. The van der Waals surface area contributed by atoms with Gasteiger partial charge in [-0.2, -0.15) is 23.7 Å². The fourth-order valence-corrected chi connectivity index (χ4v) is 3.98. The molecule has 1 aliphatic carbocycles. The lowest BCUT2D eigenvalue weighted by molar-refractivity contribution is -0.110. The molecule has 1 unspecified atom stereocenters. The zero-order chi connectivity index (χ0) is 28.7. The summed E-state index contributed by atoms with van der Waals surface area (Å²) < 4.78 is 39.6. The molecule has 202 valence electrons. The summed E-state index contributed by atoms with van der Waals surface area (Å²) in [6, 6.07) is 23.7. The van der Waals surface area contributed by atoms with Crippen LogP contribution in [0.4, 0.5) is 24.5 Å². The van der Waals surface area contributed by atoms with E-state index in [4.69, 9.17) is 11.0 Å². The quantitative estimate of drug-likeness (QED) is 0.302. The first-order chi connectivity index (χ1) is 19.2. The number of aliphatic imine (C=N–C) groups is 1. The van der Waals surface area contributed by atoms with Gasteiger partial charge in [0.05, 0.1) is 35.0 Å². The first-order valence-electron chi connectivity index (χ1n) is 12.4.